The molecule has 13 heavy (non-hydrogen) atoms. The molecule has 0 amide bonds. The summed E-state index contributed by atoms with van der Waals surface area (Å²) in [6, 6.07) is 0. The quantitative estimate of drug-likeness (QED) is 0.649. The van der Waals surface area contributed by atoms with E-state index in [4.69, 9.17) is 10.2 Å². The molecule has 0 aromatic rings. The second-order valence-corrected chi connectivity index (χ2v) is 2.79. The van der Waals surface area contributed by atoms with Crippen LogP contribution in [0.1, 0.15) is 19.3 Å². The van der Waals surface area contributed by atoms with Crippen LogP contribution in [0.25, 0.3) is 0 Å². The Bertz CT molecular complexity index is 247. The average Bonchev–Trinajstić information content (AvgIpc) is 2.04. The maximum Gasteiger partial charge on any atom is 0.332 e. The molecule has 0 aromatic heterocycles. The predicted octanol–water partition coefficient (Wildman–Crippen LogP) is 0.501. The summed E-state index contributed by atoms with van der Waals surface area (Å²) in [5, 5.41) is 17.3. The molecule has 0 bridgehead atoms. The molecule has 1 atom stereocenters. The molecule has 2 N–H and O–H groups in total. The topological polar surface area (TPSA) is 74.6 Å². The van der Waals surface area contributed by atoms with Gasteiger partial charge in [0, 0.05) is 57.0 Å². The SMILES string of the molecule is O=C(O)C1=CCCCC1C(=O)O.[K]. The predicted molar refractivity (Wildman–Crippen MR) is 46.4 cm³/mol. The molecular formula is C8H10KO4. The minimum atomic E-state index is -1.11. The first-order valence-corrected chi connectivity index (χ1v) is 3.79. The van der Waals surface area contributed by atoms with Gasteiger partial charge in [0.05, 0.1) is 5.92 Å². The fourth-order valence-electron chi connectivity index (χ4n) is 1.37. The van der Waals surface area contributed by atoms with Gasteiger partial charge in [0.25, 0.3) is 0 Å². The monoisotopic (exact) mass is 209 g/mol. The van der Waals surface area contributed by atoms with E-state index in [0.717, 1.165) is 6.42 Å². The van der Waals surface area contributed by atoms with Gasteiger partial charge in [0.15, 0.2) is 0 Å². The molecule has 0 aliphatic heterocycles. The van der Waals surface area contributed by atoms with Crippen LogP contribution in [0.4, 0.5) is 0 Å². The summed E-state index contributed by atoms with van der Waals surface area (Å²) in [7, 11) is 0. The molecule has 1 unspecified atom stereocenters. The van der Waals surface area contributed by atoms with Gasteiger partial charge in [-0.3, -0.25) is 4.79 Å². The van der Waals surface area contributed by atoms with Crippen molar-refractivity contribution in [1.82, 2.24) is 0 Å². The summed E-state index contributed by atoms with van der Waals surface area (Å²) in [4.78, 5) is 21.1. The zero-order chi connectivity index (χ0) is 9.14. The molecule has 67 valence electrons. The summed E-state index contributed by atoms with van der Waals surface area (Å²) >= 11 is 0. The van der Waals surface area contributed by atoms with Gasteiger partial charge >= 0.3 is 11.9 Å². The van der Waals surface area contributed by atoms with E-state index < -0.39 is 17.9 Å². The smallest absolute Gasteiger partial charge is 0.332 e. The minimum Gasteiger partial charge on any atom is -0.481 e. The third kappa shape index (κ3) is 3.51. The summed E-state index contributed by atoms with van der Waals surface area (Å²) in [5.41, 5.74) is 0.0359. The molecule has 0 aromatic carbocycles. The molecule has 0 heterocycles. The van der Waals surface area contributed by atoms with Gasteiger partial charge in [-0.15, -0.1) is 0 Å². The molecule has 1 aliphatic rings. The Morgan fingerprint density at radius 2 is 2.00 bits per heavy atom. The molecule has 0 fully saturated rings. The largest absolute Gasteiger partial charge is 0.481 e. The van der Waals surface area contributed by atoms with Crippen molar-refractivity contribution < 1.29 is 19.8 Å². The normalized spacial score (nSPS) is 21.2. The number of hydrogen-bond acceptors (Lipinski definition) is 2. The Balaban J connectivity index is 0.00000144. The number of carbonyl (C=O) groups is 2. The standard InChI is InChI=1S/C8H10O4.K/c9-7(10)5-3-1-2-4-6(5)8(11)12;/h3,6H,1-2,4H2,(H,9,10)(H,11,12);. The van der Waals surface area contributed by atoms with Crippen LogP contribution in [0.15, 0.2) is 11.6 Å². The second kappa shape index (κ2) is 5.92. The number of carboxylic acid groups (broad SMARTS) is 2. The number of carboxylic acids is 2. The van der Waals surface area contributed by atoms with E-state index >= 15 is 0 Å². The van der Waals surface area contributed by atoms with Gasteiger partial charge in [-0.1, -0.05) is 6.08 Å². The molecule has 1 aliphatic carbocycles. The van der Waals surface area contributed by atoms with Crippen LogP contribution in [-0.4, -0.2) is 73.5 Å². The van der Waals surface area contributed by atoms with Crippen molar-refractivity contribution in [3.8, 4) is 0 Å². The van der Waals surface area contributed by atoms with Crippen molar-refractivity contribution in [3.63, 3.8) is 0 Å². The molecule has 0 spiro atoms. The summed E-state index contributed by atoms with van der Waals surface area (Å²) in [6.07, 6.45) is 3.37. The Morgan fingerprint density at radius 3 is 2.38 bits per heavy atom. The minimum absolute atomic E-state index is 0. The van der Waals surface area contributed by atoms with Crippen molar-refractivity contribution in [2.75, 3.05) is 0 Å². The van der Waals surface area contributed by atoms with Crippen LogP contribution < -0.4 is 0 Å². The van der Waals surface area contributed by atoms with Crippen molar-refractivity contribution in [2.24, 2.45) is 5.92 Å². The first kappa shape index (κ1) is 13.3. The average molecular weight is 209 g/mol. The molecule has 4 nitrogen and oxygen atoms in total. The van der Waals surface area contributed by atoms with Gasteiger partial charge in [-0.25, -0.2) is 4.79 Å². The van der Waals surface area contributed by atoms with Crippen molar-refractivity contribution in [2.45, 2.75) is 19.3 Å². The Kier molecular flexibility index (Phi) is 6.07. The van der Waals surface area contributed by atoms with E-state index in [9.17, 15) is 9.59 Å². The van der Waals surface area contributed by atoms with Gasteiger partial charge in [0.1, 0.15) is 0 Å². The molecule has 5 heteroatoms. The van der Waals surface area contributed by atoms with E-state index in [-0.39, 0.29) is 57.0 Å². The maximum absolute atomic E-state index is 10.6. The number of allylic oxidation sites excluding steroid dienone is 1. The van der Waals surface area contributed by atoms with E-state index in [2.05, 4.69) is 0 Å². The number of rotatable bonds is 2. The third-order valence-electron chi connectivity index (χ3n) is 1.98. The van der Waals surface area contributed by atoms with Crippen molar-refractivity contribution >= 4 is 63.3 Å². The van der Waals surface area contributed by atoms with Crippen molar-refractivity contribution in [1.29, 1.82) is 0 Å². The summed E-state index contributed by atoms with van der Waals surface area (Å²) < 4.78 is 0. The van der Waals surface area contributed by atoms with Crippen LogP contribution in [0.3, 0.4) is 0 Å². The zero-order valence-electron chi connectivity index (χ0n) is 7.49. The summed E-state index contributed by atoms with van der Waals surface area (Å²) in [5.74, 6) is -2.96. The van der Waals surface area contributed by atoms with Gasteiger partial charge in [-0.2, -0.15) is 0 Å². The van der Waals surface area contributed by atoms with Crippen LogP contribution in [0.2, 0.25) is 0 Å². The summed E-state index contributed by atoms with van der Waals surface area (Å²) in [6.45, 7) is 0. The molecule has 0 saturated carbocycles. The molecule has 1 radical (unpaired) electrons. The Morgan fingerprint density at radius 1 is 1.38 bits per heavy atom. The third-order valence-corrected chi connectivity index (χ3v) is 1.98. The number of hydrogen-bond donors (Lipinski definition) is 2. The van der Waals surface area contributed by atoms with Crippen LogP contribution >= 0.6 is 0 Å². The van der Waals surface area contributed by atoms with Crippen LogP contribution in [0, 0.1) is 5.92 Å². The first-order valence-electron chi connectivity index (χ1n) is 3.79. The fourth-order valence-corrected chi connectivity index (χ4v) is 1.37. The first-order chi connectivity index (χ1) is 5.63. The fraction of sp³-hybridized carbons (Fsp3) is 0.500. The molecule has 0 saturated heterocycles. The zero-order valence-corrected chi connectivity index (χ0v) is 10.6. The Hall–Kier alpha value is 0.316. The van der Waals surface area contributed by atoms with E-state index in [1.807, 2.05) is 0 Å². The van der Waals surface area contributed by atoms with Gasteiger partial charge in [0.2, 0.25) is 0 Å². The van der Waals surface area contributed by atoms with Crippen LogP contribution in [0.5, 0.6) is 0 Å². The van der Waals surface area contributed by atoms with Gasteiger partial charge in [-0.05, 0) is 19.3 Å². The van der Waals surface area contributed by atoms with Crippen LogP contribution in [-0.2, 0) is 9.59 Å². The van der Waals surface area contributed by atoms with Crippen molar-refractivity contribution in [3.05, 3.63) is 11.6 Å². The molecular weight excluding hydrogens is 199 g/mol. The maximum atomic E-state index is 10.6. The van der Waals surface area contributed by atoms with Gasteiger partial charge < -0.3 is 10.2 Å². The molecule has 1 rings (SSSR count). The Labute approximate surface area is 118 Å². The van der Waals surface area contributed by atoms with E-state index in [1.165, 1.54) is 6.08 Å². The van der Waals surface area contributed by atoms with E-state index in [0.29, 0.717) is 12.8 Å². The van der Waals surface area contributed by atoms with E-state index in [1.54, 1.807) is 0 Å². The second-order valence-electron chi connectivity index (χ2n) is 2.79. The number of aliphatic carboxylic acids is 2.